The maximum absolute atomic E-state index is 13.4. The second-order valence-corrected chi connectivity index (χ2v) is 10.6. The fourth-order valence-corrected chi connectivity index (χ4v) is 5.29. The van der Waals surface area contributed by atoms with Crippen LogP contribution in [0.2, 0.25) is 0 Å². The zero-order valence-corrected chi connectivity index (χ0v) is 23.5. The fraction of sp³-hybridized carbons (Fsp3) is 0.500. The monoisotopic (exact) mass is 536 g/mol. The van der Waals surface area contributed by atoms with Gasteiger partial charge in [-0.15, -0.1) is 0 Å². The van der Waals surface area contributed by atoms with Crippen molar-refractivity contribution in [3.63, 3.8) is 0 Å². The minimum absolute atomic E-state index is 0.00414. The Morgan fingerprint density at radius 3 is 2.38 bits per heavy atom. The first-order valence-electron chi connectivity index (χ1n) is 14.1. The van der Waals surface area contributed by atoms with E-state index in [1.807, 2.05) is 19.9 Å². The summed E-state index contributed by atoms with van der Waals surface area (Å²) in [4.78, 5) is 32.8. The van der Waals surface area contributed by atoms with Gasteiger partial charge in [-0.05, 0) is 94.6 Å². The summed E-state index contributed by atoms with van der Waals surface area (Å²) in [5.41, 5.74) is 3.26. The van der Waals surface area contributed by atoms with E-state index < -0.39 is 0 Å². The molecule has 1 fully saturated rings. The molecule has 1 heterocycles. The molecular formula is C30H41FN6O2. The van der Waals surface area contributed by atoms with Gasteiger partial charge in [0, 0.05) is 36.8 Å². The highest BCUT2D eigenvalue weighted by molar-refractivity contribution is 6.04. The molecule has 8 nitrogen and oxygen atoms in total. The molecule has 3 aromatic rings. The summed E-state index contributed by atoms with van der Waals surface area (Å²) in [5.74, 6) is -0.139. The minimum atomic E-state index is -0.390. The highest BCUT2D eigenvalue weighted by Crippen LogP contribution is 2.37. The van der Waals surface area contributed by atoms with Crippen molar-refractivity contribution in [3.8, 4) is 0 Å². The maximum atomic E-state index is 13.4. The van der Waals surface area contributed by atoms with Gasteiger partial charge in [0.25, 0.3) is 5.91 Å². The molecule has 0 saturated heterocycles. The number of anilines is 1. The number of carbonyl (C=O) groups is 2. The topological polar surface area (TPSA) is 91.3 Å². The van der Waals surface area contributed by atoms with Gasteiger partial charge >= 0.3 is 0 Å². The number of benzene rings is 2. The van der Waals surface area contributed by atoms with Gasteiger partial charge in [-0.3, -0.25) is 19.8 Å². The first-order chi connectivity index (χ1) is 18.8. The zero-order chi connectivity index (χ0) is 27.9. The summed E-state index contributed by atoms with van der Waals surface area (Å²) in [6.45, 7) is 11.8. The van der Waals surface area contributed by atoms with Crippen molar-refractivity contribution < 1.29 is 14.0 Å². The summed E-state index contributed by atoms with van der Waals surface area (Å²) >= 11 is 0. The zero-order valence-electron chi connectivity index (χ0n) is 23.5. The van der Waals surface area contributed by atoms with Crippen LogP contribution in [0.4, 0.5) is 10.3 Å². The summed E-state index contributed by atoms with van der Waals surface area (Å²) in [6, 6.07) is 11.9. The lowest BCUT2D eigenvalue weighted by Crippen LogP contribution is -2.37. The summed E-state index contributed by atoms with van der Waals surface area (Å²) in [6.07, 6.45) is 3.18. The quantitative estimate of drug-likeness (QED) is 0.298. The van der Waals surface area contributed by atoms with Crippen molar-refractivity contribution in [1.82, 2.24) is 25.1 Å². The van der Waals surface area contributed by atoms with Crippen LogP contribution in [-0.4, -0.2) is 52.1 Å². The van der Waals surface area contributed by atoms with Gasteiger partial charge in [0.15, 0.2) is 0 Å². The van der Waals surface area contributed by atoms with Crippen molar-refractivity contribution in [2.75, 3.05) is 25.1 Å². The molecule has 0 unspecified atom stereocenters. The standard InChI is InChI=1S/C30H41FN6O2/c1-5-36(6-2)19-32-18-21-7-16-26-27(17-21)37(25-14-10-23(11-15-25)28(38)33-20(3)4)30(34-26)35-29(39)22-8-12-24(31)13-9-22/h7-9,12-13,16-17,20,23,25,32H,5-6,10-11,14-15,18-19H2,1-4H3,(H,33,38)(H,34,35,39). The normalized spacial score (nSPS) is 17.6. The number of aromatic nitrogens is 2. The number of amides is 2. The Morgan fingerprint density at radius 2 is 1.74 bits per heavy atom. The third-order valence-electron chi connectivity index (χ3n) is 7.51. The van der Waals surface area contributed by atoms with Crippen LogP contribution in [0, 0.1) is 11.7 Å². The molecule has 39 heavy (non-hydrogen) atoms. The molecule has 4 rings (SSSR count). The van der Waals surface area contributed by atoms with Crippen LogP contribution in [0.25, 0.3) is 11.0 Å². The van der Waals surface area contributed by atoms with E-state index in [2.05, 4.69) is 51.4 Å². The molecule has 1 aliphatic rings. The van der Waals surface area contributed by atoms with Gasteiger partial charge in [0.2, 0.25) is 11.9 Å². The predicted molar refractivity (Wildman–Crippen MR) is 153 cm³/mol. The first kappa shape index (κ1) is 28.7. The van der Waals surface area contributed by atoms with Crippen LogP contribution >= 0.6 is 0 Å². The molecule has 3 N–H and O–H groups in total. The number of rotatable bonds is 11. The lowest BCUT2D eigenvalue weighted by atomic mass is 9.85. The van der Waals surface area contributed by atoms with Crippen LogP contribution in [-0.2, 0) is 11.3 Å². The van der Waals surface area contributed by atoms with E-state index in [4.69, 9.17) is 4.98 Å². The van der Waals surface area contributed by atoms with Crippen LogP contribution in [0.1, 0.15) is 75.3 Å². The van der Waals surface area contributed by atoms with Crippen molar-refractivity contribution in [2.24, 2.45) is 5.92 Å². The van der Waals surface area contributed by atoms with E-state index in [9.17, 15) is 14.0 Å². The van der Waals surface area contributed by atoms with Gasteiger partial charge < -0.3 is 15.2 Å². The van der Waals surface area contributed by atoms with Crippen molar-refractivity contribution in [3.05, 3.63) is 59.4 Å². The van der Waals surface area contributed by atoms with E-state index in [0.29, 0.717) is 11.5 Å². The lowest BCUT2D eigenvalue weighted by molar-refractivity contribution is -0.126. The molecule has 0 radical (unpaired) electrons. The van der Waals surface area contributed by atoms with Crippen LogP contribution in [0.15, 0.2) is 42.5 Å². The number of nitrogens with zero attached hydrogens (tertiary/aromatic N) is 3. The van der Waals surface area contributed by atoms with Crippen molar-refractivity contribution in [1.29, 1.82) is 0 Å². The molecule has 2 amide bonds. The predicted octanol–water partition coefficient (Wildman–Crippen LogP) is 5.07. The smallest absolute Gasteiger partial charge is 0.257 e. The Morgan fingerprint density at radius 1 is 1.05 bits per heavy atom. The van der Waals surface area contributed by atoms with E-state index in [1.165, 1.54) is 24.3 Å². The molecule has 2 aromatic carbocycles. The average Bonchev–Trinajstić information content (AvgIpc) is 3.28. The number of imidazole rings is 1. The van der Waals surface area contributed by atoms with E-state index in [-0.39, 0.29) is 35.6 Å². The van der Waals surface area contributed by atoms with Crippen LogP contribution in [0.3, 0.4) is 0 Å². The number of carbonyl (C=O) groups excluding carboxylic acids is 2. The Hall–Kier alpha value is -3.30. The molecule has 1 aliphatic carbocycles. The summed E-state index contributed by atoms with van der Waals surface area (Å²) in [7, 11) is 0. The van der Waals surface area contributed by atoms with Gasteiger partial charge in [-0.2, -0.15) is 0 Å². The second-order valence-electron chi connectivity index (χ2n) is 10.6. The summed E-state index contributed by atoms with van der Waals surface area (Å²) < 4.78 is 15.5. The van der Waals surface area contributed by atoms with Crippen molar-refractivity contribution >= 4 is 28.8 Å². The largest absolute Gasteiger partial charge is 0.354 e. The molecule has 0 bridgehead atoms. The number of halogens is 1. The maximum Gasteiger partial charge on any atom is 0.257 e. The molecule has 9 heteroatoms. The molecule has 1 aromatic heterocycles. The molecule has 0 spiro atoms. The third-order valence-corrected chi connectivity index (χ3v) is 7.51. The Kier molecular flexibility index (Phi) is 9.69. The number of fused-ring (bicyclic) bond motifs is 1. The second kappa shape index (κ2) is 13.2. The van der Waals surface area contributed by atoms with Gasteiger partial charge in [0.1, 0.15) is 5.82 Å². The van der Waals surface area contributed by atoms with Gasteiger partial charge in [-0.25, -0.2) is 9.37 Å². The van der Waals surface area contributed by atoms with E-state index in [1.54, 1.807) is 0 Å². The summed E-state index contributed by atoms with van der Waals surface area (Å²) in [5, 5.41) is 9.53. The Bertz CT molecular complexity index is 1260. The van der Waals surface area contributed by atoms with Crippen LogP contribution in [0.5, 0.6) is 0 Å². The number of hydrogen-bond acceptors (Lipinski definition) is 5. The highest BCUT2D eigenvalue weighted by atomic mass is 19.1. The lowest BCUT2D eigenvalue weighted by Gasteiger charge is -2.30. The van der Waals surface area contributed by atoms with Crippen molar-refractivity contribution in [2.45, 2.75) is 72.0 Å². The fourth-order valence-electron chi connectivity index (χ4n) is 5.29. The van der Waals surface area contributed by atoms with Gasteiger partial charge in [0.05, 0.1) is 11.0 Å². The van der Waals surface area contributed by atoms with E-state index in [0.717, 1.165) is 68.6 Å². The van der Waals surface area contributed by atoms with E-state index >= 15 is 0 Å². The Balaban J connectivity index is 1.59. The van der Waals surface area contributed by atoms with Crippen LogP contribution < -0.4 is 16.0 Å². The molecule has 1 saturated carbocycles. The first-order valence-corrected chi connectivity index (χ1v) is 14.1. The Labute approximate surface area is 230 Å². The molecule has 0 aliphatic heterocycles. The molecular weight excluding hydrogens is 495 g/mol. The van der Waals surface area contributed by atoms with Gasteiger partial charge in [-0.1, -0.05) is 19.9 Å². The SMILES string of the molecule is CCN(CC)CNCc1ccc2nc(NC(=O)c3ccc(F)cc3)n(C3CCC(C(=O)NC(C)C)CC3)c2c1. The average molecular weight is 537 g/mol. The molecule has 0 atom stereocenters. The number of hydrogen-bond donors (Lipinski definition) is 3. The third kappa shape index (κ3) is 7.22. The molecule has 210 valence electrons. The number of nitrogens with one attached hydrogen (secondary N) is 3. The minimum Gasteiger partial charge on any atom is -0.354 e. The highest BCUT2D eigenvalue weighted by Gasteiger charge is 2.30.